The number of hydrogen-bond acceptors (Lipinski definition) is 2. The van der Waals surface area contributed by atoms with Crippen LogP contribution in [0.25, 0.3) is 0 Å². The highest BCUT2D eigenvalue weighted by Gasteiger charge is 2.03. The largest absolute Gasteiger partial charge is 0.508 e. The van der Waals surface area contributed by atoms with E-state index in [-0.39, 0.29) is 18.2 Å². The predicted octanol–water partition coefficient (Wildman–Crippen LogP) is 3.76. The van der Waals surface area contributed by atoms with Crippen LogP contribution >= 0.6 is 11.6 Å². The third-order valence-electron chi connectivity index (χ3n) is 2.22. The van der Waals surface area contributed by atoms with Crippen molar-refractivity contribution in [1.29, 1.82) is 0 Å². The minimum Gasteiger partial charge on any atom is -0.508 e. The van der Waals surface area contributed by atoms with Crippen molar-refractivity contribution < 1.29 is 14.2 Å². The molecule has 2 aromatic carbocycles. The van der Waals surface area contributed by atoms with E-state index < -0.39 is 0 Å². The lowest BCUT2D eigenvalue weighted by atomic mass is 10.2. The molecule has 0 aliphatic heterocycles. The van der Waals surface area contributed by atoms with Crippen molar-refractivity contribution in [2.75, 3.05) is 0 Å². The van der Waals surface area contributed by atoms with Crippen molar-refractivity contribution >= 4 is 11.6 Å². The van der Waals surface area contributed by atoms with Gasteiger partial charge in [-0.05, 0) is 29.8 Å². The summed E-state index contributed by atoms with van der Waals surface area (Å²) >= 11 is 5.89. The van der Waals surface area contributed by atoms with Crippen LogP contribution in [-0.4, -0.2) is 5.11 Å². The molecule has 0 fully saturated rings. The third-order valence-corrected chi connectivity index (χ3v) is 2.53. The van der Waals surface area contributed by atoms with Crippen molar-refractivity contribution in [3.05, 3.63) is 58.9 Å². The molecule has 0 spiro atoms. The lowest BCUT2D eigenvalue weighted by Gasteiger charge is -2.08. The van der Waals surface area contributed by atoms with E-state index in [0.29, 0.717) is 10.8 Å². The minimum atomic E-state index is -0.288. The number of phenolic OH excluding ortho intramolecular Hbond substituents is 1. The first-order valence-corrected chi connectivity index (χ1v) is 5.39. The third kappa shape index (κ3) is 3.11. The second-order valence-electron chi connectivity index (χ2n) is 3.53. The summed E-state index contributed by atoms with van der Waals surface area (Å²) in [5.74, 6) is 0.198. The molecule has 2 nitrogen and oxygen atoms in total. The molecular weight excluding hydrogens is 243 g/mol. The van der Waals surface area contributed by atoms with Crippen LogP contribution in [0.5, 0.6) is 11.5 Å². The maximum Gasteiger partial charge on any atom is 0.142 e. The molecule has 0 atom stereocenters. The quantitative estimate of drug-likeness (QED) is 0.901. The zero-order valence-corrected chi connectivity index (χ0v) is 9.62. The van der Waals surface area contributed by atoms with E-state index in [2.05, 4.69) is 0 Å². The maximum absolute atomic E-state index is 12.7. The average Bonchev–Trinajstić information content (AvgIpc) is 2.32. The molecular formula is C13H10ClFO2. The van der Waals surface area contributed by atoms with Gasteiger partial charge in [0.1, 0.15) is 23.9 Å². The van der Waals surface area contributed by atoms with Gasteiger partial charge in [-0.2, -0.15) is 0 Å². The van der Waals surface area contributed by atoms with E-state index in [1.54, 1.807) is 18.2 Å². The van der Waals surface area contributed by atoms with Gasteiger partial charge in [0.05, 0.1) is 5.02 Å². The SMILES string of the molecule is Oc1ccc(Cl)c(OCc2ccc(F)cc2)c1. The fourth-order valence-corrected chi connectivity index (χ4v) is 1.52. The Balaban J connectivity index is 2.07. The Morgan fingerprint density at radius 2 is 1.82 bits per heavy atom. The summed E-state index contributed by atoms with van der Waals surface area (Å²) in [6.45, 7) is 0.267. The first-order chi connectivity index (χ1) is 8.15. The van der Waals surface area contributed by atoms with Crippen LogP contribution in [0.15, 0.2) is 42.5 Å². The van der Waals surface area contributed by atoms with Crippen molar-refractivity contribution in [2.45, 2.75) is 6.61 Å². The molecule has 2 aromatic rings. The van der Waals surface area contributed by atoms with Gasteiger partial charge in [0.15, 0.2) is 0 Å². The number of ether oxygens (including phenoxy) is 1. The summed E-state index contributed by atoms with van der Waals surface area (Å²) in [6, 6.07) is 10.5. The lowest BCUT2D eigenvalue weighted by Crippen LogP contribution is -1.95. The van der Waals surface area contributed by atoms with Crippen molar-refractivity contribution in [2.24, 2.45) is 0 Å². The molecule has 0 saturated heterocycles. The highest BCUT2D eigenvalue weighted by atomic mass is 35.5. The molecule has 0 radical (unpaired) electrons. The zero-order chi connectivity index (χ0) is 12.3. The van der Waals surface area contributed by atoms with Gasteiger partial charge in [0.2, 0.25) is 0 Å². The smallest absolute Gasteiger partial charge is 0.142 e. The van der Waals surface area contributed by atoms with Crippen LogP contribution < -0.4 is 4.74 Å². The highest BCUT2D eigenvalue weighted by Crippen LogP contribution is 2.28. The Morgan fingerprint density at radius 3 is 2.53 bits per heavy atom. The van der Waals surface area contributed by atoms with E-state index >= 15 is 0 Å². The molecule has 2 rings (SSSR count). The Morgan fingerprint density at radius 1 is 1.12 bits per heavy atom. The fraction of sp³-hybridized carbons (Fsp3) is 0.0769. The maximum atomic E-state index is 12.7. The van der Waals surface area contributed by atoms with Gasteiger partial charge in [0, 0.05) is 6.07 Å². The molecule has 0 heterocycles. The van der Waals surface area contributed by atoms with Crippen molar-refractivity contribution in [1.82, 2.24) is 0 Å². The summed E-state index contributed by atoms with van der Waals surface area (Å²) in [6.07, 6.45) is 0. The second kappa shape index (κ2) is 5.06. The standard InChI is InChI=1S/C13H10ClFO2/c14-12-6-5-11(16)7-13(12)17-8-9-1-3-10(15)4-2-9/h1-7,16H,8H2. The topological polar surface area (TPSA) is 29.5 Å². The zero-order valence-electron chi connectivity index (χ0n) is 8.86. The monoisotopic (exact) mass is 252 g/mol. The number of aromatic hydroxyl groups is 1. The number of phenols is 1. The minimum absolute atomic E-state index is 0.0866. The van der Waals surface area contributed by atoms with Crippen molar-refractivity contribution in [3.63, 3.8) is 0 Å². The average molecular weight is 253 g/mol. The Bertz CT molecular complexity index is 511. The van der Waals surface area contributed by atoms with Crippen LogP contribution in [0.2, 0.25) is 5.02 Å². The summed E-state index contributed by atoms with van der Waals surface area (Å²) in [5.41, 5.74) is 0.825. The molecule has 0 aromatic heterocycles. The number of halogens is 2. The summed E-state index contributed by atoms with van der Waals surface area (Å²) in [7, 11) is 0. The summed E-state index contributed by atoms with van der Waals surface area (Å²) < 4.78 is 18.1. The first kappa shape index (κ1) is 11.7. The van der Waals surface area contributed by atoms with Crippen molar-refractivity contribution in [3.8, 4) is 11.5 Å². The number of rotatable bonds is 3. The fourth-order valence-electron chi connectivity index (χ4n) is 1.34. The summed E-state index contributed by atoms with van der Waals surface area (Å²) in [5, 5.41) is 9.70. The normalized spacial score (nSPS) is 10.2. The van der Waals surface area contributed by atoms with Crippen LogP contribution in [0.4, 0.5) is 4.39 Å². The van der Waals surface area contributed by atoms with Gasteiger partial charge in [0.25, 0.3) is 0 Å². The van der Waals surface area contributed by atoms with Gasteiger partial charge in [-0.3, -0.25) is 0 Å². The Kier molecular flexibility index (Phi) is 3.49. The van der Waals surface area contributed by atoms with E-state index in [0.717, 1.165) is 5.56 Å². The van der Waals surface area contributed by atoms with E-state index in [4.69, 9.17) is 16.3 Å². The van der Waals surface area contributed by atoms with Gasteiger partial charge < -0.3 is 9.84 Å². The summed E-state index contributed by atoms with van der Waals surface area (Å²) in [4.78, 5) is 0. The van der Waals surface area contributed by atoms with Gasteiger partial charge in [-0.15, -0.1) is 0 Å². The van der Waals surface area contributed by atoms with E-state index in [9.17, 15) is 9.50 Å². The highest BCUT2D eigenvalue weighted by molar-refractivity contribution is 6.32. The first-order valence-electron chi connectivity index (χ1n) is 5.01. The van der Waals surface area contributed by atoms with E-state index in [1.165, 1.54) is 24.3 Å². The molecule has 0 saturated carbocycles. The molecule has 88 valence electrons. The van der Waals surface area contributed by atoms with Gasteiger partial charge >= 0.3 is 0 Å². The molecule has 17 heavy (non-hydrogen) atoms. The van der Waals surface area contributed by atoms with Crippen LogP contribution in [0.1, 0.15) is 5.56 Å². The second-order valence-corrected chi connectivity index (χ2v) is 3.94. The molecule has 1 N–H and O–H groups in total. The molecule has 0 aliphatic rings. The molecule has 0 amide bonds. The number of benzene rings is 2. The molecule has 0 bridgehead atoms. The molecule has 4 heteroatoms. The van der Waals surface area contributed by atoms with Gasteiger partial charge in [-0.1, -0.05) is 23.7 Å². The van der Waals surface area contributed by atoms with Crippen LogP contribution in [0, 0.1) is 5.82 Å². The van der Waals surface area contributed by atoms with Crippen LogP contribution in [0.3, 0.4) is 0 Å². The predicted molar refractivity (Wildman–Crippen MR) is 63.8 cm³/mol. The molecule has 0 unspecified atom stereocenters. The van der Waals surface area contributed by atoms with E-state index in [1.807, 2.05) is 0 Å². The molecule has 0 aliphatic carbocycles. The number of hydrogen-bond donors (Lipinski definition) is 1. The van der Waals surface area contributed by atoms with Gasteiger partial charge in [-0.25, -0.2) is 4.39 Å². The van der Waals surface area contributed by atoms with Crippen LogP contribution in [-0.2, 0) is 6.61 Å². The Hall–Kier alpha value is -1.74. The lowest BCUT2D eigenvalue weighted by molar-refractivity contribution is 0.304. The Labute approximate surface area is 103 Å².